The second kappa shape index (κ2) is 6.28. The summed E-state index contributed by atoms with van der Waals surface area (Å²) in [5.74, 6) is 0.386. The molecule has 0 aliphatic carbocycles. The summed E-state index contributed by atoms with van der Waals surface area (Å²) < 4.78 is 5.70. The summed E-state index contributed by atoms with van der Waals surface area (Å²) in [6, 6.07) is 7.84. The van der Waals surface area contributed by atoms with Crippen LogP contribution in [0.3, 0.4) is 0 Å². The molecule has 0 fully saturated rings. The summed E-state index contributed by atoms with van der Waals surface area (Å²) in [6.45, 7) is 6.05. The van der Waals surface area contributed by atoms with E-state index in [0.29, 0.717) is 5.92 Å². The zero-order valence-corrected chi connectivity index (χ0v) is 10.6. The highest BCUT2D eigenvalue weighted by atomic mass is 16.5. The monoisotopic (exact) mass is 236 g/mol. The number of para-hydroxylation sites is 1. The molecule has 1 aromatic rings. The van der Waals surface area contributed by atoms with E-state index in [1.54, 1.807) is 6.92 Å². The molecule has 3 heteroatoms. The van der Waals surface area contributed by atoms with E-state index >= 15 is 0 Å². The van der Waals surface area contributed by atoms with Gasteiger partial charge in [-0.3, -0.25) is 4.79 Å². The third-order valence-electron chi connectivity index (χ3n) is 2.85. The number of ether oxygens (including phenoxy) is 1. The Balaban J connectivity index is 2.79. The smallest absolute Gasteiger partial charge is 0.307 e. The predicted octanol–water partition coefficient (Wildman–Crippen LogP) is 3.44. The summed E-state index contributed by atoms with van der Waals surface area (Å²) in [6.07, 6.45) is 0.750. The molecule has 3 nitrogen and oxygen atoms in total. The standard InChI is InChI=1S/C14H20O3/c1-4-10(2)12-7-5-6-8-13(12)17-11(3)9-14(15)16/h5-8,10-11H,4,9H2,1-3H3,(H,15,16)/t10?,11-/m1/s1. The first-order chi connectivity index (χ1) is 8.04. The molecule has 2 atom stereocenters. The molecule has 0 heterocycles. The Morgan fingerprint density at radius 2 is 2.00 bits per heavy atom. The molecular formula is C14H20O3. The predicted molar refractivity (Wildman–Crippen MR) is 67.5 cm³/mol. The lowest BCUT2D eigenvalue weighted by Gasteiger charge is -2.18. The number of aliphatic carboxylic acids is 1. The fraction of sp³-hybridized carbons (Fsp3) is 0.500. The largest absolute Gasteiger partial charge is 0.490 e. The van der Waals surface area contributed by atoms with Crippen LogP contribution < -0.4 is 4.74 Å². The average Bonchev–Trinajstić information content (AvgIpc) is 2.27. The Labute approximate surface area is 102 Å². The van der Waals surface area contributed by atoms with Gasteiger partial charge < -0.3 is 9.84 Å². The van der Waals surface area contributed by atoms with Crippen molar-refractivity contribution in [1.29, 1.82) is 0 Å². The number of hydrogen-bond donors (Lipinski definition) is 1. The Kier molecular flexibility index (Phi) is 5.01. The summed E-state index contributed by atoms with van der Waals surface area (Å²) in [5.41, 5.74) is 1.15. The van der Waals surface area contributed by atoms with Crippen molar-refractivity contribution in [2.45, 2.75) is 45.6 Å². The molecule has 0 saturated carbocycles. The number of carboxylic acid groups (broad SMARTS) is 1. The first-order valence-electron chi connectivity index (χ1n) is 6.02. The van der Waals surface area contributed by atoms with Crippen molar-refractivity contribution < 1.29 is 14.6 Å². The third kappa shape index (κ3) is 4.10. The SMILES string of the molecule is CCC(C)c1ccccc1O[C@H](C)CC(=O)O. The number of benzene rings is 1. The van der Waals surface area contributed by atoms with E-state index in [1.807, 2.05) is 24.3 Å². The lowest BCUT2D eigenvalue weighted by molar-refractivity contribution is -0.138. The third-order valence-corrected chi connectivity index (χ3v) is 2.85. The van der Waals surface area contributed by atoms with Gasteiger partial charge in [-0.1, -0.05) is 32.0 Å². The van der Waals surface area contributed by atoms with Crippen molar-refractivity contribution in [3.63, 3.8) is 0 Å². The first kappa shape index (κ1) is 13.6. The van der Waals surface area contributed by atoms with Crippen LogP contribution in [-0.4, -0.2) is 17.2 Å². The molecule has 0 bridgehead atoms. The van der Waals surface area contributed by atoms with Crippen LogP contribution in [0.2, 0.25) is 0 Å². The van der Waals surface area contributed by atoms with Crippen molar-refractivity contribution in [3.05, 3.63) is 29.8 Å². The van der Waals surface area contributed by atoms with Crippen LogP contribution >= 0.6 is 0 Å². The van der Waals surface area contributed by atoms with Gasteiger partial charge in [-0.15, -0.1) is 0 Å². The number of hydrogen-bond acceptors (Lipinski definition) is 2. The normalized spacial score (nSPS) is 14.1. The zero-order valence-electron chi connectivity index (χ0n) is 10.6. The molecule has 0 radical (unpaired) electrons. The fourth-order valence-electron chi connectivity index (χ4n) is 1.72. The number of carbonyl (C=O) groups is 1. The van der Waals surface area contributed by atoms with Crippen molar-refractivity contribution in [1.82, 2.24) is 0 Å². The van der Waals surface area contributed by atoms with Gasteiger partial charge in [0.15, 0.2) is 0 Å². The zero-order chi connectivity index (χ0) is 12.8. The lowest BCUT2D eigenvalue weighted by atomic mass is 9.98. The highest BCUT2D eigenvalue weighted by Gasteiger charge is 2.14. The quantitative estimate of drug-likeness (QED) is 0.823. The van der Waals surface area contributed by atoms with Crippen LogP contribution in [0.25, 0.3) is 0 Å². The summed E-state index contributed by atoms with van der Waals surface area (Å²) in [4.78, 5) is 10.6. The highest BCUT2D eigenvalue weighted by Crippen LogP contribution is 2.29. The van der Waals surface area contributed by atoms with Crippen LogP contribution in [0.1, 0.15) is 45.1 Å². The summed E-state index contributed by atoms with van der Waals surface area (Å²) >= 11 is 0. The van der Waals surface area contributed by atoms with Crippen LogP contribution in [0.15, 0.2) is 24.3 Å². The lowest BCUT2D eigenvalue weighted by Crippen LogP contribution is -2.17. The second-order valence-electron chi connectivity index (χ2n) is 4.37. The minimum Gasteiger partial charge on any atom is -0.490 e. The van der Waals surface area contributed by atoms with Crippen LogP contribution in [0.4, 0.5) is 0 Å². The van der Waals surface area contributed by atoms with Crippen LogP contribution in [0.5, 0.6) is 5.75 Å². The Hall–Kier alpha value is -1.51. The topological polar surface area (TPSA) is 46.5 Å². The number of rotatable bonds is 6. The van der Waals surface area contributed by atoms with Gasteiger partial charge in [-0.2, -0.15) is 0 Å². The van der Waals surface area contributed by atoms with E-state index < -0.39 is 5.97 Å². The maximum absolute atomic E-state index is 10.6. The molecule has 1 unspecified atom stereocenters. The molecule has 0 saturated heterocycles. The highest BCUT2D eigenvalue weighted by molar-refractivity contribution is 5.67. The molecule has 1 aromatic carbocycles. The minimum atomic E-state index is -0.835. The van der Waals surface area contributed by atoms with E-state index in [4.69, 9.17) is 9.84 Å². The summed E-state index contributed by atoms with van der Waals surface area (Å²) in [7, 11) is 0. The van der Waals surface area contributed by atoms with E-state index in [1.165, 1.54) is 0 Å². The first-order valence-corrected chi connectivity index (χ1v) is 6.02. The van der Waals surface area contributed by atoms with E-state index in [-0.39, 0.29) is 12.5 Å². The van der Waals surface area contributed by atoms with Crippen molar-refractivity contribution in [3.8, 4) is 5.75 Å². The van der Waals surface area contributed by atoms with Crippen molar-refractivity contribution >= 4 is 5.97 Å². The van der Waals surface area contributed by atoms with E-state index in [0.717, 1.165) is 17.7 Å². The van der Waals surface area contributed by atoms with E-state index in [2.05, 4.69) is 13.8 Å². The molecule has 0 aliphatic heterocycles. The second-order valence-corrected chi connectivity index (χ2v) is 4.37. The molecule has 1 N–H and O–H groups in total. The maximum atomic E-state index is 10.6. The van der Waals surface area contributed by atoms with Gasteiger partial charge in [0.25, 0.3) is 0 Å². The van der Waals surface area contributed by atoms with Gasteiger partial charge in [0.05, 0.1) is 6.42 Å². The van der Waals surface area contributed by atoms with Gasteiger partial charge in [-0.25, -0.2) is 0 Å². The molecular weight excluding hydrogens is 216 g/mol. The average molecular weight is 236 g/mol. The fourth-order valence-corrected chi connectivity index (χ4v) is 1.72. The van der Waals surface area contributed by atoms with Crippen molar-refractivity contribution in [2.24, 2.45) is 0 Å². The van der Waals surface area contributed by atoms with Gasteiger partial charge in [-0.05, 0) is 30.9 Å². The molecule has 17 heavy (non-hydrogen) atoms. The van der Waals surface area contributed by atoms with Crippen molar-refractivity contribution in [2.75, 3.05) is 0 Å². The number of carboxylic acids is 1. The molecule has 0 amide bonds. The molecule has 94 valence electrons. The Morgan fingerprint density at radius 1 is 1.35 bits per heavy atom. The van der Waals surface area contributed by atoms with Gasteiger partial charge >= 0.3 is 5.97 Å². The van der Waals surface area contributed by atoms with Crippen LogP contribution in [0, 0.1) is 0 Å². The van der Waals surface area contributed by atoms with Gasteiger partial charge in [0.2, 0.25) is 0 Å². The molecule has 0 aliphatic rings. The molecule has 1 rings (SSSR count). The summed E-state index contributed by atoms with van der Waals surface area (Å²) in [5, 5.41) is 8.71. The maximum Gasteiger partial charge on any atom is 0.307 e. The van der Waals surface area contributed by atoms with Crippen LogP contribution in [-0.2, 0) is 4.79 Å². The molecule has 0 spiro atoms. The Morgan fingerprint density at radius 3 is 2.59 bits per heavy atom. The molecule has 0 aromatic heterocycles. The van der Waals surface area contributed by atoms with Gasteiger partial charge in [0.1, 0.15) is 11.9 Å². The van der Waals surface area contributed by atoms with E-state index in [9.17, 15) is 4.79 Å². The van der Waals surface area contributed by atoms with Gasteiger partial charge in [0, 0.05) is 0 Å². The Bertz CT molecular complexity index is 373. The minimum absolute atomic E-state index is 0.0227.